The maximum Gasteiger partial charge on any atom is 0.160 e. The first-order valence-electron chi connectivity index (χ1n) is 47.0. The molecule has 0 aliphatic heterocycles. The van der Waals surface area contributed by atoms with E-state index in [-0.39, 0.29) is 6.61 Å². The summed E-state index contributed by atoms with van der Waals surface area (Å²) in [6, 6.07) is 110. The lowest BCUT2D eigenvalue weighted by molar-refractivity contribution is 0.112. The number of nitrogens with zero attached hydrogens (tertiary/aromatic N) is 2. The van der Waals surface area contributed by atoms with Crippen molar-refractivity contribution in [2.45, 2.75) is 183 Å². The van der Waals surface area contributed by atoms with Crippen LogP contribution in [0.25, 0.3) is 106 Å². The number of benzene rings is 12. The lowest BCUT2D eigenvalue weighted by Crippen LogP contribution is -2.09. The van der Waals surface area contributed by atoms with Gasteiger partial charge in [-0.1, -0.05) is 277 Å². The second-order valence-electron chi connectivity index (χ2n) is 33.7. The summed E-state index contributed by atoms with van der Waals surface area (Å²) in [4.78, 5) is 23.2. The first-order chi connectivity index (χ1) is 63.5. The second-order valence-corrected chi connectivity index (χ2v) is 38.1. The molecule has 0 saturated carbocycles. The molecule has 0 aliphatic rings. The molecule has 12 heteroatoms. The molecule has 0 saturated heterocycles. The monoisotopic (exact) mass is 1780 g/mol. The van der Waals surface area contributed by atoms with Crippen LogP contribution in [0, 0.1) is 6.92 Å². The number of hydrogen-bond acceptors (Lipinski definition) is 12. The normalized spacial score (nSPS) is 11.3. The van der Waals surface area contributed by atoms with Crippen LogP contribution in [0.1, 0.15) is 189 Å². The molecule has 129 heavy (non-hydrogen) atoms. The van der Waals surface area contributed by atoms with Crippen LogP contribution in [-0.4, -0.2) is 37.8 Å². The van der Waals surface area contributed by atoms with Gasteiger partial charge < -0.3 is 33.9 Å². The number of anilines is 6. The van der Waals surface area contributed by atoms with Gasteiger partial charge >= 0.3 is 0 Å². The van der Waals surface area contributed by atoms with Crippen LogP contribution in [0.5, 0.6) is 23.0 Å². The van der Waals surface area contributed by atoms with Crippen LogP contribution in [0.4, 0.5) is 34.1 Å². The van der Waals surface area contributed by atoms with Crippen molar-refractivity contribution in [3.8, 4) is 109 Å². The molecule has 16 rings (SSSR count). The maximum atomic E-state index is 11.6. The van der Waals surface area contributed by atoms with Crippen molar-refractivity contribution in [1.82, 2.24) is 0 Å². The number of aliphatic hydroxyl groups is 1. The van der Waals surface area contributed by atoms with Gasteiger partial charge in [0, 0.05) is 67.9 Å². The van der Waals surface area contributed by atoms with Crippen molar-refractivity contribution in [2.75, 3.05) is 36.2 Å². The highest BCUT2D eigenvalue weighted by Crippen LogP contribution is 2.47. The molecule has 0 bridgehead atoms. The molecule has 0 spiro atoms. The van der Waals surface area contributed by atoms with Gasteiger partial charge in [-0.25, -0.2) is 0 Å². The molecule has 0 amide bonds. The predicted molar refractivity (Wildman–Crippen MR) is 555 cm³/mol. The van der Waals surface area contributed by atoms with Crippen molar-refractivity contribution in [1.29, 1.82) is 0 Å². The van der Waals surface area contributed by atoms with Gasteiger partial charge in [0.2, 0.25) is 0 Å². The third-order valence-electron chi connectivity index (χ3n) is 24.1. The van der Waals surface area contributed by atoms with Gasteiger partial charge in [0.15, 0.2) is 6.29 Å². The number of aldehydes is 1. The van der Waals surface area contributed by atoms with Gasteiger partial charge in [-0.2, -0.15) is 0 Å². The number of fused-ring (bicyclic) bond motifs is 2. The first-order valence-corrected chi connectivity index (χ1v) is 50.3. The number of hydrogen-bond donors (Lipinski definition) is 1. The number of ether oxygens (including phenoxy) is 4. The van der Waals surface area contributed by atoms with Crippen molar-refractivity contribution in [2.24, 2.45) is 0 Å². The van der Waals surface area contributed by atoms with E-state index in [1.165, 1.54) is 210 Å². The Hall–Kier alpha value is -11.6. The minimum atomic E-state index is 0.0782. The Morgan fingerprint density at radius 3 is 0.899 bits per heavy atom. The Morgan fingerprint density at radius 2 is 0.566 bits per heavy atom. The van der Waals surface area contributed by atoms with E-state index in [4.69, 9.17) is 18.9 Å². The van der Waals surface area contributed by atoms with E-state index in [2.05, 4.69) is 349 Å². The zero-order chi connectivity index (χ0) is 88.9. The van der Waals surface area contributed by atoms with E-state index < -0.39 is 0 Å². The fourth-order valence-corrected chi connectivity index (χ4v) is 21.0. The zero-order valence-electron chi connectivity index (χ0n) is 75.8. The Bertz CT molecular complexity index is 5930. The van der Waals surface area contributed by atoms with Gasteiger partial charge in [-0.05, 0) is 292 Å². The Labute approximate surface area is 781 Å². The van der Waals surface area contributed by atoms with Crippen LogP contribution in [0.15, 0.2) is 303 Å². The van der Waals surface area contributed by atoms with E-state index >= 15 is 0 Å². The van der Waals surface area contributed by atoms with E-state index in [0.717, 1.165) is 142 Å². The molecule has 660 valence electrons. The van der Waals surface area contributed by atoms with Crippen LogP contribution in [-0.2, 0) is 13.0 Å². The highest BCUT2D eigenvalue weighted by atomic mass is 32.1. The van der Waals surface area contributed by atoms with E-state index in [0.29, 0.717) is 0 Å². The number of carbonyl (C=O) groups excluding carboxylic acids is 1. The summed E-state index contributed by atoms with van der Waals surface area (Å²) in [5.41, 5.74) is 23.4. The largest absolute Gasteiger partial charge is 0.494 e. The van der Waals surface area contributed by atoms with Gasteiger partial charge in [-0.3, -0.25) is 4.79 Å². The van der Waals surface area contributed by atoms with Crippen LogP contribution >= 0.6 is 45.3 Å². The molecular weight excluding hydrogens is 1660 g/mol. The average molecular weight is 1780 g/mol. The molecule has 0 atom stereocenters. The highest BCUT2D eigenvalue weighted by Gasteiger charge is 2.21. The van der Waals surface area contributed by atoms with Gasteiger partial charge in [0.1, 0.15) is 23.0 Å². The lowest BCUT2D eigenvalue weighted by atomic mass is 10.0. The smallest absolute Gasteiger partial charge is 0.160 e. The van der Waals surface area contributed by atoms with Gasteiger partial charge in [0.25, 0.3) is 0 Å². The van der Waals surface area contributed by atoms with Crippen molar-refractivity contribution < 1.29 is 28.8 Å². The second kappa shape index (κ2) is 47.1. The number of aryl methyl sites for hydroxylation is 2. The van der Waals surface area contributed by atoms with E-state index in [9.17, 15) is 9.90 Å². The predicted octanol–water partition coefficient (Wildman–Crippen LogP) is 35.8. The van der Waals surface area contributed by atoms with E-state index in [1.54, 1.807) is 22.7 Å². The summed E-state index contributed by atoms with van der Waals surface area (Å²) < 4.78 is 26.5. The third-order valence-corrected chi connectivity index (χ3v) is 28.8. The molecule has 8 nitrogen and oxygen atoms in total. The molecule has 12 aromatic carbocycles. The summed E-state index contributed by atoms with van der Waals surface area (Å²) in [6.07, 6.45) is 26.1. The Balaban J connectivity index is 0.000000199. The summed E-state index contributed by atoms with van der Waals surface area (Å²) in [5.74, 6) is 3.70. The quantitative estimate of drug-likeness (QED) is 0.0299. The summed E-state index contributed by atoms with van der Waals surface area (Å²) >= 11 is 6.94. The van der Waals surface area contributed by atoms with Gasteiger partial charge in [-0.15, -0.1) is 45.3 Å². The number of unbranched alkanes of at least 4 members (excludes halogenated alkanes) is 15. The first kappa shape index (κ1) is 92.1. The van der Waals surface area contributed by atoms with Crippen molar-refractivity contribution >= 4 is 106 Å². The molecule has 4 aromatic heterocycles. The highest BCUT2D eigenvalue weighted by molar-refractivity contribution is 7.21. The van der Waals surface area contributed by atoms with Crippen LogP contribution in [0.2, 0.25) is 0 Å². The SMILES string of the molecule is CCCCCCOc1ccc(-c2ccc(N(c3ccc(-c4ccc(OCCCCCC)cc4)cc3)c3ccc(-c4cc(C)c(-c5ccc6cc(CO)sc6c5)s4)cc3)cc2)cc1.CCCCCCOc1ccc(-c2ccc(N(c3ccc(-c4ccc(OCCCCCC)cc4)cc3)c3ccc(-c4cc(CCCCCC)c(-c5ccc6cc(C=O)sc6c5)s4)cc3)cc2)cc1. The molecule has 0 radical (unpaired) electrons. The minimum Gasteiger partial charge on any atom is -0.494 e. The maximum absolute atomic E-state index is 11.6. The molecular formula is C117H122N2O6S4. The summed E-state index contributed by atoms with van der Waals surface area (Å²) in [6.45, 7) is 16.5. The summed E-state index contributed by atoms with van der Waals surface area (Å²) in [7, 11) is 0. The molecule has 0 unspecified atom stereocenters. The van der Waals surface area contributed by atoms with Crippen LogP contribution in [0.3, 0.4) is 0 Å². The molecule has 4 heterocycles. The molecule has 0 aliphatic carbocycles. The van der Waals surface area contributed by atoms with E-state index in [1.807, 2.05) is 28.7 Å². The standard InChI is InChI=1S/C61H65NO3S2.C56H57NO3S2/c1-4-7-10-13-16-51-42-59(67-61(51)52-18-17-50-41-58(44-63)66-60(50)43-52)49-23-33-55(34-24-49)62(53-29-19-45(20-30-53)47-25-35-56(36-26-47)64-39-14-11-8-5-2)54-31-21-46(22-32-54)48-27-37-57(38-28-48)65-40-15-12-9-6-3;1-4-6-8-10-34-59-51-30-20-43(21-31-51)41-14-24-48(25-15-41)57(49-26-16-42(17-27-49)44-22-32-52(33-23-44)60-35-11-9-7-5-2)50-28-18-45(19-29-50)54-36-40(3)56(62-54)47-13-12-46-37-53(39-58)61-55(46)38-47/h17-38,41-44H,4-16,39-40H2,1-3H3;12-33,36-38,58H,4-11,34-35,39H2,1-3H3. The van der Waals surface area contributed by atoms with Crippen molar-refractivity contribution in [3.63, 3.8) is 0 Å². The molecule has 1 N–H and O–H groups in total. The lowest BCUT2D eigenvalue weighted by Gasteiger charge is -2.26. The fraction of sp³-hybridized carbons (Fsp3) is 0.274. The fourth-order valence-electron chi connectivity index (χ4n) is 16.7. The van der Waals surface area contributed by atoms with Gasteiger partial charge in [0.05, 0.1) is 37.9 Å². The average Bonchev–Trinajstić information content (AvgIpc) is 1.70. The number of carbonyl (C=O) groups is 1. The topological polar surface area (TPSA) is 80.7 Å². The Kier molecular flexibility index (Phi) is 33.6. The number of aliphatic hydroxyl groups excluding tert-OH is 1. The third kappa shape index (κ3) is 24.7. The Morgan fingerprint density at radius 1 is 0.279 bits per heavy atom. The van der Waals surface area contributed by atoms with Crippen LogP contribution < -0.4 is 28.7 Å². The zero-order valence-corrected chi connectivity index (χ0v) is 79.1. The number of rotatable bonds is 45. The summed E-state index contributed by atoms with van der Waals surface area (Å²) in [5, 5.41) is 12.0. The number of thiophene rings is 4. The minimum absolute atomic E-state index is 0.0782. The molecule has 0 fully saturated rings. The van der Waals surface area contributed by atoms with Crippen molar-refractivity contribution in [3.05, 3.63) is 324 Å². The molecule has 16 aromatic rings.